The summed E-state index contributed by atoms with van der Waals surface area (Å²) in [5.74, 6) is 0.00874. The Hall–Kier alpha value is -2.60. The highest BCUT2D eigenvalue weighted by Crippen LogP contribution is 2.23. The summed E-state index contributed by atoms with van der Waals surface area (Å²) in [4.78, 5) is 17.9. The second kappa shape index (κ2) is 6.96. The molecule has 1 amide bonds. The zero-order chi connectivity index (χ0) is 18.9. The lowest BCUT2D eigenvalue weighted by Gasteiger charge is -2.25. The molecule has 0 saturated heterocycles. The summed E-state index contributed by atoms with van der Waals surface area (Å²) in [7, 11) is -1.45. The van der Waals surface area contributed by atoms with Crippen LogP contribution in [0.25, 0.3) is 10.9 Å². The summed E-state index contributed by atoms with van der Waals surface area (Å²) < 4.78 is 23.1. The Balaban J connectivity index is 1.75. The first-order chi connectivity index (χ1) is 12.3. The first kappa shape index (κ1) is 18.2. The first-order valence-corrected chi connectivity index (χ1v) is 10.3. The number of nitrogens with one attached hydrogen (secondary N) is 1. The number of hydrogen-bond donors (Lipinski definition) is 1. The normalized spacial score (nSPS) is 12.9. The zero-order valence-electron chi connectivity index (χ0n) is 15.1. The Bertz CT molecular complexity index is 1040. The van der Waals surface area contributed by atoms with Crippen LogP contribution < -0.4 is 0 Å². The smallest absolute Gasteiger partial charge is 0.227 e. The fraction of sp³-hybridized carbons (Fsp3) is 0.250. The quantitative estimate of drug-likeness (QED) is 0.749. The Morgan fingerprint density at radius 3 is 2.42 bits per heavy atom. The fourth-order valence-corrected chi connectivity index (χ4v) is 3.63. The van der Waals surface area contributed by atoms with Crippen LogP contribution in [0, 0.1) is 0 Å². The van der Waals surface area contributed by atoms with Crippen molar-refractivity contribution >= 4 is 26.6 Å². The molecule has 0 fully saturated rings. The predicted octanol–water partition coefficient (Wildman–Crippen LogP) is 3.33. The van der Waals surface area contributed by atoms with Crippen molar-refractivity contribution in [3.8, 4) is 0 Å². The number of hydrogen-bond acceptors (Lipinski definition) is 3. The molecule has 1 N–H and O–H groups in total. The van der Waals surface area contributed by atoms with Gasteiger partial charge in [-0.25, -0.2) is 8.42 Å². The number of aromatic nitrogens is 1. The van der Waals surface area contributed by atoms with Crippen LogP contribution in [0.3, 0.4) is 0 Å². The average Bonchev–Trinajstić information content (AvgIpc) is 3.03. The number of H-pyrrole nitrogens is 1. The molecule has 2 aromatic carbocycles. The monoisotopic (exact) mass is 370 g/mol. The topological polar surface area (TPSA) is 70.2 Å². The Morgan fingerprint density at radius 2 is 1.77 bits per heavy atom. The van der Waals surface area contributed by atoms with Crippen molar-refractivity contribution in [1.82, 2.24) is 9.88 Å². The third-order valence-corrected chi connectivity index (χ3v) is 5.91. The molecule has 5 nitrogen and oxygen atoms in total. The molecule has 1 aromatic heterocycles. The summed E-state index contributed by atoms with van der Waals surface area (Å²) in [6, 6.07) is 14.4. The van der Waals surface area contributed by atoms with Crippen LogP contribution in [0.2, 0.25) is 0 Å². The first-order valence-electron chi connectivity index (χ1n) is 8.38. The van der Waals surface area contributed by atoms with Crippen LogP contribution in [0.1, 0.15) is 24.1 Å². The van der Waals surface area contributed by atoms with E-state index in [1.165, 1.54) is 6.26 Å². The van der Waals surface area contributed by atoms with E-state index in [9.17, 15) is 13.2 Å². The summed E-state index contributed by atoms with van der Waals surface area (Å²) in [5, 5.41) is 1.06. The van der Waals surface area contributed by atoms with Crippen molar-refractivity contribution in [2.75, 3.05) is 13.3 Å². The second-order valence-electron chi connectivity index (χ2n) is 6.56. The van der Waals surface area contributed by atoms with E-state index in [0.29, 0.717) is 6.42 Å². The number of rotatable bonds is 5. The molecule has 1 atom stereocenters. The number of aromatic amines is 1. The lowest BCUT2D eigenvalue weighted by atomic mass is 10.1. The van der Waals surface area contributed by atoms with Crippen molar-refractivity contribution in [2.24, 2.45) is 0 Å². The number of likely N-dealkylation sites (N-methyl/N-ethyl adjacent to an activating group) is 1. The van der Waals surface area contributed by atoms with E-state index in [1.807, 2.05) is 37.4 Å². The summed E-state index contributed by atoms with van der Waals surface area (Å²) >= 11 is 0. The molecule has 0 radical (unpaired) electrons. The molecular formula is C20H22N2O3S. The molecule has 1 unspecified atom stereocenters. The van der Waals surface area contributed by atoms with Gasteiger partial charge in [-0.05, 0) is 36.2 Å². The summed E-state index contributed by atoms with van der Waals surface area (Å²) in [5.41, 5.74) is 2.88. The number of benzene rings is 2. The lowest BCUT2D eigenvalue weighted by Crippen LogP contribution is -2.30. The Kier molecular flexibility index (Phi) is 4.87. The van der Waals surface area contributed by atoms with Crippen LogP contribution in [-0.4, -0.2) is 37.5 Å². The van der Waals surface area contributed by atoms with Crippen LogP contribution in [0.5, 0.6) is 0 Å². The molecule has 0 aliphatic rings. The van der Waals surface area contributed by atoms with Gasteiger partial charge in [0, 0.05) is 30.4 Å². The van der Waals surface area contributed by atoms with Gasteiger partial charge in [0.05, 0.1) is 17.4 Å². The van der Waals surface area contributed by atoms with E-state index in [2.05, 4.69) is 4.98 Å². The number of nitrogens with zero attached hydrogens (tertiary/aromatic N) is 1. The van der Waals surface area contributed by atoms with Gasteiger partial charge >= 0.3 is 0 Å². The van der Waals surface area contributed by atoms with Gasteiger partial charge in [0.15, 0.2) is 9.84 Å². The van der Waals surface area contributed by atoms with Gasteiger partial charge in [0.1, 0.15) is 0 Å². The third-order valence-electron chi connectivity index (χ3n) is 4.78. The second-order valence-corrected chi connectivity index (χ2v) is 8.57. The van der Waals surface area contributed by atoms with Crippen LogP contribution in [0.4, 0.5) is 0 Å². The molecule has 0 saturated carbocycles. The van der Waals surface area contributed by atoms with Gasteiger partial charge in [-0.15, -0.1) is 0 Å². The Morgan fingerprint density at radius 1 is 1.12 bits per heavy atom. The standard InChI is InChI=1S/C20H22N2O3S/c1-14(15-8-10-17(11-9-15)26(3,24)25)22(2)20(23)12-16-13-21-19-7-5-4-6-18(16)19/h4-11,13-14,21H,12H2,1-3H3. The van der Waals surface area contributed by atoms with Gasteiger partial charge in [0.2, 0.25) is 5.91 Å². The van der Waals surface area contributed by atoms with E-state index >= 15 is 0 Å². The van der Waals surface area contributed by atoms with Crippen molar-refractivity contribution in [1.29, 1.82) is 0 Å². The minimum absolute atomic E-state index is 0.00874. The molecule has 0 spiro atoms. The maximum absolute atomic E-state index is 12.7. The highest BCUT2D eigenvalue weighted by Gasteiger charge is 2.19. The van der Waals surface area contributed by atoms with Crippen molar-refractivity contribution in [3.05, 3.63) is 65.9 Å². The van der Waals surface area contributed by atoms with Crippen LogP contribution in [0.15, 0.2) is 59.6 Å². The molecule has 0 bridgehead atoms. The van der Waals surface area contributed by atoms with Gasteiger partial charge in [0.25, 0.3) is 0 Å². The van der Waals surface area contributed by atoms with Gasteiger partial charge < -0.3 is 9.88 Å². The molecule has 3 aromatic rings. The van der Waals surface area contributed by atoms with E-state index in [4.69, 9.17) is 0 Å². The van der Waals surface area contributed by atoms with Gasteiger partial charge in [-0.3, -0.25) is 4.79 Å². The number of para-hydroxylation sites is 1. The van der Waals surface area contributed by atoms with Crippen molar-refractivity contribution < 1.29 is 13.2 Å². The summed E-state index contributed by atoms with van der Waals surface area (Å²) in [6.07, 6.45) is 3.37. The molecule has 26 heavy (non-hydrogen) atoms. The average molecular weight is 370 g/mol. The number of amides is 1. The third kappa shape index (κ3) is 3.65. The predicted molar refractivity (Wildman–Crippen MR) is 103 cm³/mol. The number of sulfone groups is 1. The Labute approximate surface area is 153 Å². The lowest BCUT2D eigenvalue weighted by molar-refractivity contribution is -0.131. The largest absolute Gasteiger partial charge is 0.361 e. The van der Waals surface area contributed by atoms with Gasteiger partial charge in [-0.2, -0.15) is 0 Å². The fourth-order valence-electron chi connectivity index (χ4n) is 3.00. The minimum Gasteiger partial charge on any atom is -0.361 e. The number of carbonyl (C=O) groups excluding carboxylic acids is 1. The van der Waals surface area contributed by atoms with E-state index in [-0.39, 0.29) is 16.8 Å². The molecule has 1 heterocycles. The maximum atomic E-state index is 12.7. The molecular weight excluding hydrogens is 348 g/mol. The van der Waals surface area contributed by atoms with Gasteiger partial charge in [-0.1, -0.05) is 30.3 Å². The van der Waals surface area contributed by atoms with Crippen molar-refractivity contribution in [3.63, 3.8) is 0 Å². The van der Waals surface area contributed by atoms with E-state index in [0.717, 1.165) is 22.0 Å². The maximum Gasteiger partial charge on any atom is 0.227 e. The zero-order valence-corrected chi connectivity index (χ0v) is 15.9. The highest BCUT2D eigenvalue weighted by atomic mass is 32.2. The molecule has 3 rings (SSSR count). The van der Waals surface area contributed by atoms with E-state index in [1.54, 1.807) is 36.2 Å². The van der Waals surface area contributed by atoms with Crippen LogP contribution >= 0.6 is 0 Å². The SMILES string of the molecule is CC(c1ccc(S(C)(=O)=O)cc1)N(C)C(=O)Cc1c[nH]c2ccccc12. The number of carbonyl (C=O) groups is 1. The summed E-state index contributed by atoms with van der Waals surface area (Å²) in [6.45, 7) is 1.93. The molecule has 0 aliphatic heterocycles. The number of fused-ring (bicyclic) bond motifs is 1. The van der Waals surface area contributed by atoms with Crippen molar-refractivity contribution in [2.45, 2.75) is 24.3 Å². The van der Waals surface area contributed by atoms with Crippen LogP contribution in [-0.2, 0) is 21.1 Å². The molecule has 136 valence electrons. The van der Waals surface area contributed by atoms with E-state index < -0.39 is 9.84 Å². The minimum atomic E-state index is -3.22. The highest BCUT2D eigenvalue weighted by molar-refractivity contribution is 7.90. The molecule has 0 aliphatic carbocycles. The molecule has 6 heteroatoms.